The van der Waals surface area contributed by atoms with Crippen molar-refractivity contribution >= 4 is 18.3 Å². The predicted molar refractivity (Wildman–Crippen MR) is 86.5 cm³/mol. The molecule has 0 aliphatic heterocycles. The Kier molecular flexibility index (Phi) is 10.4. The number of likely N-dealkylation sites (N-methyl/N-ethyl adjacent to an activating group) is 1. The van der Waals surface area contributed by atoms with E-state index >= 15 is 0 Å². The Labute approximate surface area is 132 Å². The molecular formula is C15H25ClN2O3. The maximum Gasteiger partial charge on any atom is 0.223 e. The van der Waals surface area contributed by atoms with Crippen LogP contribution in [0.1, 0.15) is 20.3 Å². The summed E-state index contributed by atoms with van der Waals surface area (Å²) in [5.41, 5.74) is 0. The molecule has 120 valence electrons. The van der Waals surface area contributed by atoms with Crippen molar-refractivity contribution in [1.82, 2.24) is 10.6 Å². The maximum absolute atomic E-state index is 11.6. The number of halogens is 1. The van der Waals surface area contributed by atoms with E-state index in [-0.39, 0.29) is 24.4 Å². The Bertz CT molecular complexity index is 398. The molecule has 1 rings (SSSR count). The fourth-order valence-electron chi connectivity index (χ4n) is 1.71. The fraction of sp³-hybridized carbons (Fsp3) is 0.533. The van der Waals surface area contributed by atoms with Gasteiger partial charge in [-0.25, -0.2) is 0 Å². The molecule has 0 heterocycles. The van der Waals surface area contributed by atoms with Gasteiger partial charge in [0.15, 0.2) is 0 Å². The van der Waals surface area contributed by atoms with Crippen LogP contribution in [0.3, 0.4) is 0 Å². The number of amides is 1. The van der Waals surface area contributed by atoms with Gasteiger partial charge in [0.25, 0.3) is 0 Å². The molecule has 1 aromatic rings. The third kappa shape index (κ3) is 8.42. The largest absolute Gasteiger partial charge is 0.497 e. The number of methoxy groups -OCH3 is 1. The summed E-state index contributed by atoms with van der Waals surface area (Å²) in [4.78, 5) is 11.6. The van der Waals surface area contributed by atoms with Gasteiger partial charge in [0.2, 0.25) is 5.91 Å². The number of hydrogen-bond donors (Lipinski definition) is 2. The van der Waals surface area contributed by atoms with E-state index in [9.17, 15) is 4.79 Å². The molecule has 0 unspecified atom stereocenters. The van der Waals surface area contributed by atoms with Gasteiger partial charge in [-0.1, -0.05) is 6.92 Å². The van der Waals surface area contributed by atoms with Gasteiger partial charge in [-0.05, 0) is 37.7 Å². The van der Waals surface area contributed by atoms with E-state index in [0.717, 1.165) is 18.0 Å². The van der Waals surface area contributed by atoms with E-state index in [2.05, 4.69) is 10.6 Å². The smallest absolute Gasteiger partial charge is 0.223 e. The summed E-state index contributed by atoms with van der Waals surface area (Å²) in [5, 5.41) is 6.11. The molecule has 0 radical (unpaired) electrons. The normalized spacial score (nSPS) is 11.2. The summed E-state index contributed by atoms with van der Waals surface area (Å²) >= 11 is 0. The molecule has 0 aliphatic rings. The number of hydrogen-bond acceptors (Lipinski definition) is 4. The first-order valence-corrected chi connectivity index (χ1v) is 6.92. The third-order valence-electron chi connectivity index (χ3n) is 2.82. The van der Waals surface area contributed by atoms with Gasteiger partial charge in [-0.3, -0.25) is 4.79 Å². The molecule has 5 nitrogen and oxygen atoms in total. The number of carbonyl (C=O) groups excluding carboxylic acids is 1. The highest BCUT2D eigenvalue weighted by molar-refractivity contribution is 5.85. The second-order valence-electron chi connectivity index (χ2n) is 4.54. The Morgan fingerprint density at radius 2 is 1.86 bits per heavy atom. The van der Waals surface area contributed by atoms with Crippen molar-refractivity contribution in [3.63, 3.8) is 0 Å². The minimum absolute atomic E-state index is 0. The zero-order chi connectivity index (χ0) is 14.8. The number of benzene rings is 1. The number of rotatable bonds is 9. The van der Waals surface area contributed by atoms with E-state index in [1.54, 1.807) is 7.11 Å². The van der Waals surface area contributed by atoms with E-state index in [4.69, 9.17) is 9.47 Å². The summed E-state index contributed by atoms with van der Waals surface area (Å²) in [6.07, 6.45) is 0.352. The topological polar surface area (TPSA) is 59.6 Å². The molecule has 0 aliphatic carbocycles. The highest BCUT2D eigenvalue weighted by Gasteiger charge is 2.04. The van der Waals surface area contributed by atoms with Gasteiger partial charge < -0.3 is 20.1 Å². The average Bonchev–Trinajstić information content (AvgIpc) is 2.46. The van der Waals surface area contributed by atoms with Crippen molar-refractivity contribution in [3.8, 4) is 11.5 Å². The highest BCUT2D eigenvalue weighted by Crippen LogP contribution is 2.16. The summed E-state index contributed by atoms with van der Waals surface area (Å²) in [5.74, 6) is 1.52. The Morgan fingerprint density at radius 1 is 1.24 bits per heavy atom. The van der Waals surface area contributed by atoms with Crippen molar-refractivity contribution in [2.24, 2.45) is 0 Å². The summed E-state index contributed by atoms with van der Waals surface area (Å²) < 4.78 is 10.6. The number of nitrogens with one attached hydrogen (secondary N) is 2. The Balaban J connectivity index is 0.00000400. The van der Waals surface area contributed by atoms with Crippen LogP contribution in [0.15, 0.2) is 24.3 Å². The van der Waals surface area contributed by atoms with Crippen LogP contribution in [-0.4, -0.2) is 38.8 Å². The van der Waals surface area contributed by atoms with Crippen LogP contribution < -0.4 is 20.1 Å². The second kappa shape index (κ2) is 11.2. The lowest BCUT2D eigenvalue weighted by Gasteiger charge is -2.13. The quantitative estimate of drug-likeness (QED) is 0.731. The second-order valence-corrected chi connectivity index (χ2v) is 4.54. The monoisotopic (exact) mass is 316 g/mol. The van der Waals surface area contributed by atoms with Crippen molar-refractivity contribution < 1.29 is 14.3 Å². The predicted octanol–water partition coefficient (Wildman–Crippen LogP) is 2.00. The summed E-state index contributed by atoms with van der Waals surface area (Å²) in [7, 11) is 1.62. The molecule has 0 fully saturated rings. The first kappa shape index (κ1) is 19.5. The summed E-state index contributed by atoms with van der Waals surface area (Å²) in [6.45, 7) is 5.99. The van der Waals surface area contributed by atoms with Crippen LogP contribution in [0.2, 0.25) is 0 Å². The molecule has 6 heteroatoms. The van der Waals surface area contributed by atoms with E-state index in [0.29, 0.717) is 19.6 Å². The maximum atomic E-state index is 11.6. The molecular weight excluding hydrogens is 292 g/mol. The molecule has 1 atom stereocenters. The van der Waals surface area contributed by atoms with Crippen molar-refractivity contribution in [2.75, 3.05) is 26.8 Å². The molecule has 1 aromatic carbocycles. The Hall–Kier alpha value is -1.46. The van der Waals surface area contributed by atoms with Crippen molar-refractivity contribution in [1.29, 1.82) is 0 Å². The fourth-order valence-corrected chi connectivity index (χ4v) is 1.71. The van der Waals surface area contributed by atoms with Crippen LogP contribution in [0.5, 0.6) is 11.5 Å². The van der Waals surface area contributed by atoms with Gasteiger partial charge in [0.1, 0.15) is 11.5 Å². The molecule has 0 bridgehead atoms. The number of ether oxygens (including phenoxy) is 2. The molecule has 0 spiro atoms. The molecule has 0 saturated heterocycles. The zero-order valence-corrected chi connectivity index (χ0v) is 13.7. The van der Waals surface area contributed by atoms with Gasteiger partial charge in [-0.2, -0.15) is 0 Å². The third-order valence-corrected chi connectivity index (χ3v) is 2.82. The lowest BCUT2D eigenvalue weighted by Crippen LogP contribution is -2.39. The minimum Gasteiger partial charge on any atom is -0.497 e. The van der Waals surface area contributed by atoms with Gasteiger partial charge >= 0.3 is 0 Å². The molecule has 0 aromatic heterocycles. The van der Waals surface area contributed by atoms with E-state index in [1.165, 1.54) is 0 Å². The first-order valence-electron chi connectivity index (χ1n) is 6.92. The standard InChI is InChI=1S/C15H24N2O3.ClH/c1-4-16-12(2)11-17-15(18)9-10-20-14-7-5-13(19-3)6-8-14;/h5-8,12,16H,4,9-11H2,1-3H3,(H,17,18);1H/t12-;/m1./s1. The summed E-state index contributed by atoms with van der Waals surface area (Å²) in [6, 6.07) is 7.58. The van der Waals surface area contributed by atoms with Crippen LogP contribution >= 0.6 is 12.4 Å². The molecule has 0 saturated carbocycles. The molecule has 21 heavy (non-hydrogen) atoms. The highest BCUT2D eigenvalue weighted by atomic mass is 35.5. The molecule has 2 N–H and O–H groups in total. The van der Waals surface area contributed by atoms with E-state index in [1.807, 2.05) is 38.1 Å². The zero-order valence-electron chi connectivity index (χ0n) is 12.8. The minimum atomic E-state index is 0. The van der Waals surface area contributed by atoms with Crippen LogP contribution in [-0.2, 0) is 4.79 Å². The van der Waals surface area contributed by atoms with Crippen LogP contribution in [0.4, 0.5) is 0 Å². The van der Waals surface area contributed by atoms with E-state index < -0.39 is 0 Å². The van der Waals surface area contributed by atoms with Gasteiger partial charge in [0, 0.05) is 12.6 Å². The average molecular weight is 317 g/mol. The molecule has 1 amide bonds. The SMILES string of the molecule is CCN[C@H](C)CNC(=O)CCOc1ccc(OC)cc1.Cl. The van der Waals surface area contributed by atoms with Crippen molar-refractivity contribution in [2.45, 2.75) is 26.3 Å². The van der Waals surface area contributed by atoms with Gasteiger partial charge in [-0.15, -0.1) is 12.4 Å². The van der Waals surface area contributed by atoms with Crippen LogP contribution in [0, 0.1) is 0 Å². The van der Waals surface area contributed by atoms with Crippen LogP contribution in [0.25, 0.3) is 0 Å². The lowest BCUT2D eigenvalue weighted by molar-refractivity contribution is -0.121. The Morgan fingerprint density at radius 3 is 2.43 bits per heavy atom. The number of carbonyl (C=O) groups is 1. The van der Waals surface area contributed by atoms with Crippen molar-refractivity contribution in [3.05, 3.63) is 24.3 Å². The lowest BCUT2D eigenvalue weighted by atomic mass is 10.3. The van der Waals surface area contributed by atoms with Gasteiger partial charge in [0.05, 0.1) is 20.1 Å². The first-order chi connectivity index (χ1) is 9.65.